The summed E-state index contributed by atoms with van der Waals surface area (Å²) in [6.07, 6.45) is 3.38. The summed E-state index contributed by atoms with van der Waals surface area (Å²) < 4.78 is 11.6. The molecule has 0 saturated carbocycles. The van der Waals surface area contributed by atoms with Gasteiger partial charge in [-0.25, -0.2) is 4.79 Å². The van der Waals surface area contributed by atoms with E-state index in [2.05, 4.69) is 25.9 Å². The van der Waals surface area contributed by atoms with Crippen LogP contribution in [0.5, 0.6) is 11.5 Å². The Hall–Kier alpha value is -2.58. The first-order chi connectivity index (χ1) is 13.7. The lowest BCUT2D eigenvalue weighted by molar-refractivity contribution is -0.137. The van der Waals surface area contributed by atoms with Crippen LogP contribution in [0.25, 0.3) is 0 Å². The predicted octanol–water partition coefficient (Wildman–Crippen LogP) is 4.02. The summed E-state index contributed by atoms with van der Waals surface area (Å²) >= 11 is 3.36. The van der Waals surface area contributed by atoms with Crippen molar-refractivity contribution < 1.29 is 24.2 Å². The summed E-state index contributed by atoms with van der Waals surface area (Å²) in [6.45, 7) is 7.03. The Bertz CT molecular complexity index is 897. The van der Waals surface area contributed by atoms with Gasteiger partial charge in [0.15, 0.2) is 11.5 Å². The molecule has 0 amide bonds. The molecule has 8 heteroatoms. The molecule has 1 aromatic carbocycles. The van der Waals surface area contributed by atoms with E-state index >= 15 is 0 Å². The standard InChI is InChI=1S/C21H23BrN2O5/c1-12(2)19(25)24-11-15-8-16(22)9-17(18(15)29-20(26)13(3)4)28-21(27)14-6-5-7-23-10-14/h5-13,19,25H,1-4H3/b24-11+. The maximum absolute atomic E-state index is 12.5. The van der Waals surface area contributed by atoms with Crippen LogP contribution in [0.2, 0.25) is 0 Å². The van der Waals surface area contributed by atoms with E-state index in [4.69, 9.17) is 9.47 Å². The largest absolute Gasteiger partial charge is 0.422 e. The Kier molecular flexibility index (Phi) is 8.04. The quantitative estimate of drug-likeness (QED) is 0.379. The Morgan fingerprint density at radius 3 is 2.52 bits per heavy atom. The number of rotatable bonds is 7. The highest BCUT2D eigenvalue weighted by atomic mass is 79.9. The summed E-state index contributed by atoms with van der Waals surface area (Å²) in [4.78, 5) is 32.7. The smallest absolute Gasteiger partial charge is 0.345 e. The molecule has 0 aliphatic rings. The van der Waals surface area contributed by atoms with Crippen molar-refractivity contribution in [2.45, 2.75) is 33.9 Å². The number of hydrogen-bond acceptors (Lipinski definition) is 7. The van der Waals surface area contributed by atoms with E-state index in [0.29, 0.717) is 10.0 Å². The first-order valence-electron chi connectivity index (χ1n) is 9.07. The average Bonchev–Trinajstić information content (AvgIpc) is 2.68. The molecule has 0 aliphatic carbocycles. The molecule has 2 aromatic rings. The van der Waals surface area contributed by atoms with Crippen molar-refractivity contribution in [1.82, 2.24) is 4.98 Å². The first-order valence-corrected chi connectivity index (χ1v) is 9.87. The van der Waals surface area contributed by atoms with Gasteiger partial charge in [0.2, 0.25) is 0 Å². The fraction of sp³-hybridized carbons (Fsp3) is 0.333. The van der Waals surface area contributed by atoms with Gasteiger partial charge in [0.25, 0.3) is 0 Å². The molecule has 1 N–H and O–H groups in total. The zero-order chi connectivity index (χ0) is 21.6. The van der Waals surface area contributed by atoms with Crippen LogP contribution in [-0.4, -0.2) is 34.5 Å². The number of aliphatic hydroxyl groups excluding tert-OH is 1. The van der Waals surface area contributed by atoms with Crippen molar-refractivity contribution in [3.63, 3.8) is 0 Å². The molecular formula is C21H23BrN2O5. The minimum Gasteiger partial charge on any atom is -0.422 e. The van der Waals surface area contributed by atoms with Gasteiger partial charge < -0.3 is 14.6 Å². The number of nitrogens with zero attached hydrogens (tertiary/aromatic N) is 2. The number of carbonyl (C=O) groups excluding carboxylic acids is 2. The molecule has 0 fully saturated rings. The molecule has 0 radical (unpaired) electrons. The Morgan fingerprint density at radius 2 is 1.93 bits per heavy atom. The van der Waals surface area contributed by atoms with Crippen LogP contribution < -0.4 is 9.47 Å². The maximum Gasteiger partial charge on any atom is 0.345 e. The molecule has 154 valence electrons. The van der Waals surface area contributed by atoms with E-state index < -0.39 is 24.1 Å². The number of carbonyl (C=O) groups is 2. The second-order valence-electron chi connectivity index (χ2n) is 6.97. The van der Waals surface area contributed by atoms with E-state index in [1.165, 1.54) is 18.5 Å². The number of aliphatic imine (C=N–C) groups is 1. The first kappa shape index (κ1) is 22.7. The lowest BCUT2D eigenvalue weighted by atomic mass is 10.1. The minimum absolute atomic E-state index is 0.0442. The van der Waals surface area contributed by atoms with Crippen LogP contribution in [0.1, 0.15) is 43.6 Å². The third-order valence-corrected chi connectivity index (χ3v) is 4.24. The van der Waals surface area contributed by atoms with Gasteiger partial charge in [-0.15, -0.1) is 0 Å². The Labute approximate surface area is 177 Å². The lowest BCUT2D eigenvalue weighted by Gasteiger charge is -2.15. The number of aliphatic hydroxyl groups is 1. The van der Waals surface area contributed by atoms with Gasteiger partial charge in [-0.05, 0) is 30.2 Å². The number of esters is 2. The highest BCUT2D eigenvalue weighted by molar-refractivity contribution is 9.10. The fourth-order valence-corrected chi connectivity index (χ4v) is 2.51. The van der Waals surface area contributed by atoms with Crippen LogP contribution in [0.3, 0.4) is 0 Å². The van der Waals surface area contributed by atoms with Crippen LogP contribution in [0.15, 0.2) is 46.1 Å². The molecule has 29 heavy (non-hydrogen) atoms. The van der Waals surface area contributed by atoms with Gasteiger partial charge >= 0.3 is 11.9 Å². The SMILES string of the molecule is CC(C)C(=O)Oc1c(/C=N/C(O)C(C)C)cc(Br)cc1OC(=O)c1cccnc1. The predicted molar refractivity (Wildman–Crippen MR) is 112 cm³/mol. The van der Waals surface area contributed by atoms with Gasteiger partial charge in [-0.1, -0.05) is 43.6 Å². The van der Waals surface area contributed by atoms with Crippen molar-refractivity contribution in [3.8, 4) is 11.5 Å². The summed E-state index contributed by atoms with van der Waals surface area (Å²) in [5.41, 5.74) is 0.626. The average molecular weight is 463 g/mol. The molecule has 1 atom stereocenters. The number of halogens is 1. The summed E-state index contributed by atoms with van der Waals surface area (Å²) in [7, 11) is 0. The highest BCUT2D eigenvalue weighted by Gasteiger charge is 2.21. The van der Waals surface area contributed by atoms with E-state index in [1.54, 1.807) is 38.2 Å². The molecule has 0 saturated heterocycles. The number of ether oxygens (including phenoxy) is 2. The molecule has 0 bridgehead atoms. The zero-order valence-electron chi connectivity index (χ0n) is 16.6. The second kappa shape index (κ2) is 10.3. The molecule has 1 unspecified atom stereocenters. The zero-order valence-corrected chi connectivity index (χ0v) is 18.2. The van der Waals surface area contributed by atoms with E-state index in [1.807, 2.05) is 13.8 Å². The third-order valence-electron chi connectivity index (χ3n) is 3.78. The molecule has 2 rings (SSSR count). The normalized spacial score (nSPS) is 12.4. The van der Waals surface area contributed by atoms with E-state index in [0.717, 1.165) is 0 Å². The number of pyridine rings is 1. The van der Waals surface area contributed by atoms with E-state index in [-0.39, 0.29) is 23.0 Å². The lowest BCUT2D eigenvalue weighted by Crippen LogP contribution is -2.18. The van der Waals surface area contributed by atoms with Gasteiger partial charge in [0.05, 0.1) is 11.5 Å². The summed E-state index contributed by atoms with van der Waals surface area (Å²) in [6, 6.07) is 6.35. The molecule has 7 nitrogen and oxygen atoms in total. The topological polar surface area (TPSA) is 98.1 Å². The third kappa shape index (κ3) is 6.47. The van der Waals surface area contributed by atoms with Gasteiger partial charge in [-0.2, -0.15) is 0 Å². The Balaban J connectivity index is 2.47. The maximum atomic E-state index is 12.5. The number of aromatic nitrogens is 1. The van der Waals surface area contributed by atoms with Crippen LogP contribution in [0.4, 0.5) is 0 Å². The van der Waals surface area contributed by atoms with Crippen molar-refractivity contribution in [2.24, 2.45) is 16.8 Å². The van der Waals surface area contributed by atoms with Crippen LogP contribution in [0, 0.1) is 11.8 Å². The molecule has 1 aromatic heterocycles. The van der Waals surface area contributed by atoms with E-state index in [9.17, 15) is 14.7 Å². The van der Waals surface area contributed by atoms with Gasteiger partial charge in [0, 0.05) is 28.6 Å². The molecule has 0 aliphatic heterocycles. The van der Waals surface area contributed by atoms with Crippen LogP contribution >= 0.6 is 15.9 Å². The van der Waals surface area contributed by atoms with Crippen molar-refractivity contribution >= 4 is 34.1 Å². The van der Waals surface area contributed by atoms with Gasteiger partial charge in [0.1, 0.15) is 6.23 Å². The monoisotopic (exact) mass is 462 g/mol. The highest BCUT2D eigenvalue weighted by Crippen LogP contribution is 2.35. The number of benzene rings is 1. The van der Waals surface area contributed by atoms with Crippen LogP contribution in [-0.2, 0) is 4.79 Å². The van der Waals surface area contributed by atoms with Crippen molar-refractivity contribution in [2.75, 3.05) is 0 Å². The molecule has 1 heterocycles. The van der Waals surface area contributed by atoms with Gasteiger partial charge in [-0.3, -0.25) is 14.8 Å². The summed E-state index contributed by atoms with van der Waals surface area (Å²) in [5, 5.41) is 9.97. The minimum atomic E-state index is -0.927. The Morgan fingerprint density at radius 1 is 1.21 bits per heavy atom. The molecule has 0 spiro atoms. The molecular weight excluding hydrogens is 440 g/mol. The van der Waals surface area contributed by atoms with Crippen molar-refractivity contribution in [1.29, 1.82) is 0 Å². The summed E-state index contributed by atoms with van der Waals surface area (Å²) in [5.74, 6) is -1.55. The second-order valence-corrected chi connectivity index (χ2v) is 7.88. The number of hydrogen-bond donors (Lipinski definition) is 1. The fourth-order valence-electron chi connectivity index (χ4n) is 2.06. The van der Waals surface area contributed by atoms with Crippen molar-refractivity contribution in [3.05, 3.63) is 52.3 Å².